The van der Waals surface area contributed by atoms with Crippen LogP contribution < -0.4 is 0 Å². The monoisotopic (exact) mass is 1290 g/mol. The summed E-state index contributed by atoms with van der Waals surface area (Å²) in [5.74, 6) is -2.03. The van der Waals surface area contributed by atoms with E-state index in [1.54, 1.807) is 0 Å². The summed E-state index contributed by atoms with van der Waals surface area (Å²) in [6.07, 6.45) is 107. The van der Waals surface area contributed by atoms with Crippen molar-refractivity contribution in [3.05, 3.63) is 182 Å². The Morgan fingerprint density at radius 3 is 0.860 bits per heavy atom. The predicted molar refractivity (Wildman–Crippen MR) is 400 cm³/mol. The molecular formula is C84H136NO8+. The van der Waals surface area contributed by atoms with Crippen LogP contribution in [0.4, 0.5) is 0 Å². The first-order valence-corrected chi connectivity index (χ1v) is 36.9. The fourth-order valence-corrected chi connectivity index (χ4v) is 9.60. The Morgan fingerprint density at radius 1 is 0.323 bits per heavy atom. The average Bonchev–Trinajstić information content (AvgIpc) is 3.74. The number of ether oxygens (including phenoxy) is 4. The van der Waals surface area contributed by atoms with Gasteiger partial charge in [0.15, 0.2) is 6.10 Å². The van der Waals surface area contributed by atoms with Gasteiger partial charge in [0.25, 0.3) is 6.29 Å². The lowest BCUT2D eigenvalue weighted by Crippen LogP contribution is -2.40. The second kappa shape index (κ2) is 72.2. The molecule has 0 saturated carbocycles. The normalized spacial score (nSPS) is 13.8. The minimum Gasteiger partial charge on any atom is -0.477 e. The maximum atomic E-state index is 13.0. The minimum atomic E-state index is -1.52. The van der Waals surface area contributed by atoms with Crippen LogP contribution in [0.25, 0.3) is 0 Å². The van der Waals surface area contributed by atoms with E-state index in [2.05, 4.69) is 196 Å². The summed E-state index contributed by atoms with van der Waals surface area (Å²) in [5.41, 5.74) is 0. The zero-order valence-electron chi connectivity index (χ0n) is 59.8. The second-order valence-corrected chi connectivity index (χ2v) is 25.1. The van der Waals surface area contributed by atoms with Gasteiger partial charge in [0.2, 0.25) is 0 Å². The SMILES string of the molecule is CC/C=C\C/C=C\C/C=C\C/C=C\C/C=C\C/C=C\C/C=C\C/C=C\CCCCCCCCCCCCC(=O)OC(COC(=O)CCCCCCCCCCCCC/C=C\C/C=C\C/C=C\C/C=C\C/C=C\C/C=C\C/C=C\CC)COC(OCC[N+](C)(C)C)C(=O)O. The highest BCUT2D eigenvalue weighted by molar-refractivity contribution is 5.71. The largest absolute Gasteiger partial charge is 0.477 e. The lowest BCUT2D eigenvalue weighted by molar-refractivity contribution is -0.870. The van der Waals surface area contributed by atoms with Crippen molar-refractivity contribution >= 4 is 17.9 Å². The molecule has 0 heterocycles. The quantitative estimate of drug-likeness (QED) is 0.0211. The molecule has 0 radical (unpaired) electrons. The van der Waals surface area contributed by atoms with Crippen molar-refractivity contribution in [1.29, 1.82) is 0 Å². The van der Waals surface area contributed by atoms with Gasteiger partial charge in [-0.05, 0) is 135 Å². The van der Waals surface area contributed by atoms with Crippen LogP contribution in [0, 0.1) is 0 Å². The first kappa shape index (κ1) is 87.4. The third-order valence-electron chi connectivity index (χ3n) is 15.2. The molecule has 0 spiro atoms. The van der Waals surface area contributed by atoms with Gasteiger partial charge < -0.3 is 28.5 Å². The van der Waals surface area contributed by atoms with Gasteiger partial charge in [-0.15, -0.1) is 0 Å². The van der Waals surface area contributed by atoms with Crippen molar-refractivity contribution < 1.29 is 42.9 Å². The first-order chi connectivity index (χ1) is 45.6. The number of aliphatic carboxylic acids is 1. The molecule has 0 rings (SSSR count). The number of carbonyl (C=O) groups is 3. The van der Waals surface area contributed by atoms with Gasteiger partial charge in [-0.1, -0.05) is 305 Å². The van der Waals surface area contributed by atoms with Crippen LogP contribution in [0.2, 0.25) is 0 Å². The Kier molecular flexibility index (Phi) is 67.9. The van der Waals surface area contributed by atoms with Gasteiger partial charge in [-0.2, -0.15) is 0 Å². The van der Waals surface area contributed by atoms with Gasteiger partial charge in [0, 0.05) is 12.8 Å². The van der Waals surface area contributed by atoms with Crippen LogP contribution in [0.15, 0.2) is 182 Å². The molecule has 0 aliphatic rings. The molecule has 9 heteroatoms. The van der Waals surface area contributed by atoms with Crippen molar-refractivity contribution in [2.75, 3.05) is 47.5 Å². The molecule has 0 aliphatic heterocycles. The summed E-state index contributed by atoms with van der Waals surface area (Å²) in [6.45, 7) is 4.63. The van der Waals surface area contributed by atoms with E-state index in [9.17, 15) is 19.5 Å². The number of rotatable bonds is 66. The summed E-state index contributed by atoms with van der Waals surface area (Å²) in [5, 5.41) is 9.76. The fourth-order valence-electron chi connectivity index (χ4n) is 9.60. The molecule has 2 unspecified atom stereocenters. The highest BCUT2D eigenvalue weighted by Crippen LogP contribution is 2.16. The number of hydrogen-bond acceptors (Lipinski definition) is 7. The highest BCUT2D eigenvalue weighted by atomic mass is 16.7. The average molecular weight is 1290 g/mol. The molecule has 2 atom stereocenters. The summed E-state index contributed by atoms with van der Waals surface area (Å²) in [6, 6.07) is 0. The van der Waals surface area contributed by atoms with Crippen LogP contribution in [0.3, 0.4) is 0 Å². The van der Waals surface area contributed by atoms with E-state index in [4.69, 9.17) is 18.9 Å². The number of unbranched alkanes of at least 4 members (excludes halogenated alkanes) is 21. The molecule has 1 N–H and O–H groups in total. The van der Waals surface area contributed by atoms with Gasteiger partial charge in [0.05, 0.1) is 34.4 Å². The molecular weight excluding hydrogens is 1150 g/mol. The standard InChI is InChI=1S/C84H135NO8/c1-6-8-10-12-14-16-18-20-22-24-26-28-30-32-34-36-38-40-41-43-45-47-49-51-53-55-57-59-61-63-65-67-69-71-73-75-82(87)93-80(79-92-84(83(88)89)90-77-76-85(3,4)5)78-91-81(86)74-72-70-68-66-64-62-60-58-56-54-52-50-48-46-44-42-39-37-35-33-31-29-27-25-23-21-19-17-15-13-11-9-7-2/h8-11,14-17,20-23,26-29,32-35,38-40,42-43,45-46,48-49,51,80,84H,6-7,12-13,18-19,24-25,30-31,36-37,41,44,47,50,52-79H2,1-5H3/p+1/b10-8-,11-9-,16-14-,17-15-,22-20-,23-21-,28-26-,29-27-,34-32-,35-33-,40-38-,42-39-,45-43-,48-46-,51-49-. The number of likely N-dealkylation sites (N-methyl/N-ethyl adjacent to an activating group) is 1. The third-order valence-corrected chi connectivity index (χ3v) is 15.2. The molecule has 0 aromatic carbocycles. The Bertz CT molecular complexity index is 2190. The van der Waals surface area contributed by atoms with Crippen LogP contribution in [-0.2, 0) is 33.3 Å². The lowest BCUT2D eigenvalue weighted by atomic mass is 10.0. The zero-order chi connectivity index (χ0) is 67.5. The molecule has 9 nitrogen and oxygen atoms in total. The van der Waals surface area contributed by atoms with Gasteiger partial charge in [-0.25, -0.2) is 4.79 Å². The summed E-state index contributed by atoms with van der Waals surface area (Å²) in [7, 11) is 5.97. The van der Waals surface area contributed by atoms with Gasteiger partial charge in [-0.3, -0.25) is 9.59 Å². The first-order valence-electron chi connectivity index (χ1n) is 36.9. The summed E-state index contributed by atoms with van der Waals surface area (Å²) < 4.78 is 23.0. The minimum absolute atomic E-state index is 0.177. The molecule has 93 heavy (non-hydrogen) atoms. The van der Waals surface area contributed by atoms with Crippen LogP contribution in [0.5, 0.6) is 0 Å². The molecule has 0 amide bonds. The van der Waals surface area contributed by atoms with Crippen molar-refractivity contribution in [2.45, 2.75) is 283 Å². The Labute approximate surface area is 570 Å². The third kappa shape index (κ3) is 73.7. The topological polar surface area (TPSA) is 108 Å². The van der Waals surface area contributed by atoms with Crippen LogP contribution in [0.1, 0.15) is 271 Å². The number of allylic oxidation sites excluding steroid dienone is 30. The highest BCUT2D eigenvalue weighted by Gasteiger charge is 2.25. The molecule has 524 valence electrons. The smallest absolute Gasteiger partial charge is 0.361 e. The summed E-state index contributed by atoms with van der Waals surface area (Å²) in [4.78, 5) is 37.7. The fraction of sp³-hybridized carbons (Fsp3) is 0.607. The molecule has 0 aliphatic carbocycles. The lowest BCUT2D eigenvalue weighted by Gasteiger charge is -2.25. The zero-order valence-corrected chi connectivity index (χ0v) is 59.8. The van der Waals surface area contributed by atoms with Gasteiger partial charge in [0.1, 0.15) is 13.2 Å². The van der Waals surface area contributed by atoms with E-state index < -0.39 is 24.3 Å². The van der Waals surface area contributed by atoms with E-state index >= 15 is 0 Å². The second-order valence-electron chi connectivity index (χ2n) is 25.1. The number of nitrogens with zero attached hydrogens (tertiary/aromatic N) is 1. The number of carboxylic acid groups (broad SMARTS) is 1. The van der Waals surface area contributed by atoms with E-state index in [1.807, 2.05) is 21.1 Å². The van der Waals surface area contributed by atoms with E-state index in [0.717, 1.165) is 148 Å². The number of carboxylic acids is 1. The predicted octanol–water partition coefficient (Wildman–Crippen LogP) is 23.6. The number of quaternary nitrogens is 1. The summed E-state index contributed by atoms with van der Waals surface area (Å²) >= 11 is 0. The maximum Gasteiger partial charge on any atom is 0.361 e. The number of carbonyl (C=O) groups excluding carboxylic acids is 2. The van der Waals surface area contributed by atoms with Crippen molar-refractivity contribution in [2.24, 2.45) is 0 Å². The number of hydrogen-bond donors (Lipinski definition) is 1. The Morgan fingerprint density at radius 2 is 0.581 bits per heavy atom. The van der Waals surface area contributed by atoms with Crippen molar-refractivity contribution in [3.8, 4) is 0 Å². The number of esters is 2. The van der Waals surface area contributed by atoms with Crippen molar-refractivity contribution in [3.63, 3.8) is 0 Å². The van der Waals surface area contributed by atoms with E-state index in [0.29, 0.717) is 17.4 Å². The van der Waals surface area contributed by atoms with Crippen LogP contribution in [-0.4, -0.2) is 87.4 Å². The molecule has 0 saturated heterocycles. The molecule has 0 fully saturated rings. The van der Waals surface area contributed by atoms with E-state index in [-0.39, 0.29) is 38.6 Å². The van der Waals surface area contributed by atoms with Gasteiger partial charge >= 0.3 is 17.9 Å². The molecule has 0 bridgehead atoms. The Hall–Kier alpha value is -5.61. The Balaban J connectivity index is 4.17. The molecule has 0 aromatic heterocycles. The maximum absolute atomic E-state index is 13.0. The molecule has 0 aromatic rings. The van der Waals surface area contributed by atoms with Crippen LogP contribution >= 0.6 is 0 Å². The van der Waals surface area contributed by atoms with Crippen molar-refractivity contribution in [1.82, 2.24) is 0 Å². The van der Waals surface area contributed by atoms with E-state index in [1.165, 1.54) is 89.9 Å².